The summed E-state index contributed by atoms with van der Waals surface area (Å²) >= 11 is 0. The molecule has 1 saturated carbocycles. The fraction of sp³-hybridized carbons (Fsp3) is 0.371. The average Bonchev–Trinajstić information content (AvgIpc) is 4.01. The Balaban J connectivity index is 1.33. The summed E-state index contributed by atoms with van der Waals surface area (Å²) in [5.41, 5.74) is -0.172. The Hall–Kier alpha value is -4.74. The molecule has 3 aromatic carbocycles. The first-order chi connectivity index (χ1) is 22.1. The molecule has 242 valence electrons. The van der Waals surface area contributed by atoms with Crippen molar-refractivity contribution >= 4 is 23.7 Å². The average molecular weight is 630 g/mol. The van der Waals surface area contributed by atoms with Gasteiger partial charge in [0.2, 0.25) is 11.8 Å². The van der Waals surface area contributed by atoms with Gasteiger partial charge in [-0.1, -0.05) is 72.8 Å². The van der Waals surface area contributed by atoms with Gasteiger partial charge in [0.15, 0.2) is 5.78 Å². The highest BCUT2D eigenvalue weighted by Crippen LogP contribution is 2.38. The number of hydrogen-bond donors (Lipinski definition) is 4. The van der Waals surface area contributed by atoms with Crippen LogP contribution in [0.3, 0.4) is 0 Å². The van der Waals surface area contributed by atoms with Crippen LogP contribution in [-0.2, 0) is 43.3 Å². The predicted octanol–water partition coefficient (Wildman–Crippen LogP) is 2.63. The van der Waals surface area contributed by atoms with Gasteiger partial charge in [0.25, 0.3) is 0 Å². The third-order valence-corrected chi connectivity index (χ3v) is 8.28. The van der Waals surface area contributed by atoms with Crippen LogP contribution in [-0.4, -0.2) is 71.8 Å². The number of carbonyl (C=O) groups excluding carboxylic acids is 4. The molecule has 46 heavy (non-hydrogen) atoms. The number of Topliss-reactive ketones (excluding diaryl/α,β-unsaturated/α-hetero) is 1. The van der Waals surface area contributed by atoms with Crippen LogP contribution in [0.4, 0.5) is 4.79 Å². The number of aliphatic hydroxyl groups is 1. The van der Waals surface area contributed by atoms with Gasteiger partial charge in [-0.25, -0.2) is 4.79 Å². The molecule has 0 radical (unpaired) electrons. The Kier molecular flexibility index (Phi) is 10.0. The Morgan fingerprint density at radius 3 is 1.89 bits per heavy atom. The largest absolute Gasteiger partial charge is 0.497 e. The zero-order valence-electron chi connectivity index (χ0n) is 25.9. The van der Waals surface area contributed by atoms with Gasteiger partial charge in [-0.05, 0) is 55.0 Å². The highest BCUT2D eigenvalue weighted by molar-refractivity contribution is 5.98. The summed E-state index contributed by atoms with van der Waals surface area (Å²) in [5.74, 6) is -1.01. The van der Waals surface area contributed by atoms with Crippen molar-refractivity contribution in [1.82, 2.24) is 16.0 Å². The smallest absolute Gasteiger partial charge is 0.408 e. The van der Waals surface area contributed by atoms with Crippen LogP contribution in [0.2, 0.25) is 0 Å². The van der Waals surface area contributed by atoms with E-state index in [1.165, 1.54) is 0 Å². The lowest BCUT2D eigenvalue weighted by Crippen LogP contribution is -2.60. The molecule has 4 N–H and O–H groups in total. The third-order valence-electron chi connectivity index (χ3n) is 8.28. The van der Waals surface area contributed by atoms with E-state index in [0.717, 1.165) is 11.1 Å². The van der Waals surface area contributed by atoms with Crippen molar-refractivity contribution < 1.29 is 38.5 Å². The Morgan fingerprint density at radius 2 is 1.33 bits per heavy atom. The molecule has 11 nitrogen and oxygen atoms in total. The van der Waals surface area contributed by atoms with Crippen molar-refractivity contribution in [2.24, 2.45) is 0 Å². The predicted molar refractivity (Wildman–Crippen MR) is 168 cm³/mol. The lowest BCUT2D eigenvalue weighted by Gasteiger charge is -2.27. The normalized spacial score (nSPS) is 19.5. The summed E-state index contributed by atoms with van der Waals surface area (Å²) in [6.45, 7) is 1.91. The van der Waals surface area contributed by atoms with Gasteiger partial charge >= 0.3 is 6.09 Å². The van der Waals surface area contributed by atoms with Crippen LogP contribution < -0.4 is 20.7 Å². The molecule has 0 spiro atoms. The van der Waals surface area contributed by atoms with E-state index in [-0.39, 0.29) is 44.7 Å². The molecule has 4 unspecified atom stereocenters. The second-order valence-corrected chi connectivity index (χ2v) is 12.0. The van der Waals surface area contributed by atoms with E-state index >= 15 is 0 Å². The number of methoxy groups -OCH3 is 1. The fourth-order valence-corrected chi connectivity index (χ4v) is 5.16. The van der Waals surface area contributed by atoms with Crippen molar-refractivity contribution in [3.8, 4) is 5.75 Å². The maximum Gasteiger partial charge on any atom is 0.408 e. The van der Waals surface area contributed by atoms with E-state index in [4.69, 9.17) is 14.2 Å². The number of amides is 3. The summed E-state index contributed by atoms with van der Waals surface area (Å²) in [5, 5.41) is 19.0. The molecular weight excluding hydrogens is 590 g/mol. The third kappa shape index (κ3) is 8.49. The van der Waals surface area contributed by atoms with E-state index in [2.05, 4.69) is 16.0 Å². The molecule has 5 rings (SSSR count). The van der Waals surface area contributed by atoms with E-state index < -0.39 is 47.2 Å². The highest BCUT2D eigenvalue weighted by atomic mass is 16.6. The van der Waals surface area contributed by atoms with Gasteiger partial charge in [0, 0.05) is 6.42 Å². The van der Waals surface area contributed by atoms with E-state index in [1.807, 2.05) is 48.5 Å². The number of benzene rings is 3. The van der Waals surface area contributed by atoms with Crippen LogP contribution >= 0.6 is 0 Å². The summed E-state index contributed by atoms with van der Waals surface area (Å²) in [7, 11) is 1.54. The molecule has 4 atom stereocenters. The number of rotatable bonds is 15. The molecular formula is C35H39N3O8. The summed E-state index contributed by atoms with van der Waals surface area (Å²) in [6.07, 6.45) is -0.0283. The van der Waals surface area contributed by atoms with Gasteiger partial charge in [0.1, 0.15) is 30.0 Å². The number of hydrogen-bond acceptors (Lipinski definition) is 8. The van der Waals surface area contributed by atoms with Gasteiger partial charge < -0.3 is 35.3 Å². The Labute approximate surface area is 267 Å². The first kappa shape index (κ1) is 32.6. The second-order valence-electron chi connectivity index (χ2n) is 12.0. The number of carbonyl (C=O) groups is 4. The molecule has 0 bridgehead atoms. The fourth-order valence-electron chi connectivity index (χ4n) is 5.16. The van der Waals surface area contributed by atoms with Crippen LogP contribution in [0.15, 0.2) is 84.9 Å². The van der Waals surface area contributed by atoms with Crippen LogP contribution in [0.25, 0.3) is 0 Å². The van der Waals surface area contributed by atoms with Crippen LogP contribution in [0, 0.1) is 0 Å². The molecule has 1 aliphatic heterocycles. The zero-order valence-corrected chi connectivity index (χ0v) is 25.9. The van der Waals surface area contributed by atoms with Crippen LogP contribution in [0.1, 0.15) is 36.5 Å². The lowest BCUT2D eigenvalue weighted by atomic mass is 9.94. The zero-order chi connectivity index (χ0) is 32.7. The molecule has 3 aromatic rings. The van der Waals surface area contributed by atoms with Crippen molar-refractivity contribution in [1.29, 1.82) is 0 Å². The maximum absolute atomic E-state index is 13.9. The standard InChI is InChI=1S/C35H39N3O8/c1-34(22-46-34)30(39)27(19-23-9-5-3-6-10-23)36-31(40)28(20-24-13-15-26(44-2)16-14-24)37-32(41)29(35(43)17-18-35)38-33(42)45-21-25-11-7-4-8-12-25/h3-16,27-29,43H,17-22H2,1-2H3,(H,36,40)(H,37,41)(H,38,42). The molecule has 1 aliphatic carbocycles. The van der Waals surface area contributed by atoms with Crippen LogP contribution in [0.5, 0.6) is 5.75 Å². The van der Waals surface area contributed by atoms with E-state index in [0.29, 0.717) is 11.3 Å². The molecule has 2 aliphatic rings. The highest BCUT2D eigenvalue weighted by Gasteiger charge is 2.53. The summed E-state index contributed by atoms with van der Waals surface area (Å²) in [6, 6.07) is 21.9. The summed E-state index contributed by atoms with van der Waals surface area (Å²) in [4.78, 5) is 53.8. The summed E-state index contributed by atoms with van der Waals surface area (Å²) < 4.78 is 15.9. The first-order valence-corrected chi connectivity index (χ1v) is 15.2. The second kappa shape index (κ2) is 14.1. The Morgan fingerprint density at radius 1 is 0.783 bits per heavy atom. The van der Waals surface area contributed by atoms with Crippen molar-refractivity contribution in [2.45, 2.75) is 68.5 Å². The minimum absolute atomic E-state index is 0.0264. The number of ketones is 1. The van der Waals surface area contributed by atoms with Gasteiger partial charge in [-0.3, -0.25) is 14.4 Å². The number of nitrogens with one attached hydrogen (secondary N) is 3. The molecule has 11 heteroatoms. The SMILES string of the molecule is COc1ccc(CC(NC(=O)C(NC(=O)OCc2ccccc2)C2(O)CC2)C(=O)NC(Cc2ccccc2)C(=O)C2(C)CO2)cc1. The molecule has 3 amide bonds. The number of epoxide rings is 1. The molecule has 1 heterocycles. The van der Waals surface area contributed by atoms with E-state index in [1.54, 1.807) is 50.4 Å². The number of ether oxygens (including phenoxy) is 3. The molecule has 0 aromatic heterocycles. The minimum atomic E-state index is -1.49. The van der Waals surface area contributed by atoms with Gasteiger partial charge in [-0.15, -0.1) is 0 Å². The monoisotopic (exact) mass is 629 g/mol. The van der Waals surface area contributed by atoms with E-state index in [9.17, 15) is 24.3 Å². The minimum Gasteiger partial charge on any atom is -0.497 e. The van der Waals surface area contributed by atoms with Crippen molar-refractivity contribution in [3.05, 3.63) is 102 Å². The first-order valence-electron chi connectivity index (χ1n) is 15.2. The van der Waals surface area contributed by atoms with Gasteiger partial charge in [0.05, 0.1) is 25.4 Å². The van der Waals surface area contributed by atoms with Crippen molar-refractivity contribution in [2.75, 3.05) is 13.7 Å². The number of alkyl carbamates (subject to hydrolysis) is 1. The quantitative estimate of drug-likeness (QED) is 0.187. The molecule has 1 saturated heterocycles. The Bertz CT molecular complexity index is 1520. The lowest BCUT2D eigenvalue weighted by molar-refractivity contribution is -0.134. The molecule has 2 fully saturated rings. The van der Waals surface area contributed by atoms with Crippen molar-refractivity contribution in [3.63, 3.8) is 0 Å². The van der Waals surface area contributed by atoms with Gasteiger partial charge in [-0.2, -0.15) is 0 Å². The topological polar surface area (TPSA) is 156 Å². The maximum atomic E-state index is 13.9.